The summed E-state index contributed by atoms with van der Waals surface area (Å²) in [6, 6.07) is 11.2. The molecule has 2 aromatic rings. The van der Waals surface area contributed by atoms with Crippen molar-refractivity contribution in [3.63, 3.8) is 0 Å². The molecule has 1 aliphatic carbocycles. The number of carbonyl (C=O) groups excluding carboxylic acids is 1. The molecule has 23 heavy (non-hydrogen) atoms. The predicted molar refractivity (Wildman–Crippen MR) is 85.9 cm³/mol. The van der Waals surface area contributed by atoms with Crippen LogP contribution in [-0.2, 0) is 4.74 Å². The number of halogens is 1. The number of rotatable bonds is 3. The zero-order valence-electron chi connectivity index (χ0n) is 12.8. The van der Waals surface area contributed by atoms with Gasteiger partial charge in [-0.15, -0.1) is 0 Å². The summed E-state index contributed by atoms with van der Waals surface area (Å²) in [5, 5.41) is 0.663. The zero-order chi connectivity index (χ0) is 16.2. The molecule has 4 rings (SSSR count). The van der Waals surface area contributed by atoms with Crippen LogP contribution in [0.25, 0.3) is 0 Å². The summed E-state index contributed by atoms with van der Waals surface area (Å²) in [4.78, 5) is 12.9. The third-order valence-corrected chi connectivity index (χ3v) is 4.87. The van der Waals surface area contributed by atoms with Crippen molar-refractivity contribution in [3.8, 4) is 11.5 Å². The number of epoxide rings is 1. The van der Waals surface area contributed by atoms with E-state index in [0.29, 0.717) is 28.7 Å². The van der Waals surface area contributed by atoms with Crippen molar-refractivity contribution in [1.29, 1.82) is 0 Å². The van der Waals surface area contributed by atoms with E-state index in [0.717, 1.165) is 11.1 Å². The summed E-state index contributed by atoms with van der Waals surface area (Å²) >= 11 is 5.99. The highest BCUT2D eigenvalue weighted by Crippen LogP contribution is 2.55. The first-order valence-corrected chi connectivity index (χ1v) is 7.68. The Balaban J connectivity index is 1.91. The van der Waals surface area contributed by atoms with Gasteiger partial charge in [0.15, 0.2) is 22.9 Å². The monoisotopic (exact) mass is 330 g/mol. The van der Waals surface area contributed by atoms with Gasteiger partial charge in [-0.1, -0.05) is 23.7 Å². The summed E-state index contributed by atoms with van der Waals surface area (Å²) in [5.41, 5.74) is 1.77. The summed E-state index contributed by atoms with van der Waals surface area (Å²) in [6.45, 7) is 0.429. The molecular formula is C18H15ClO4. The quantitative estimate of drug-likeness (QED) is 0.809. The Labute approximate surface area is 138 Å². The van der Waals surface area contributed by atoms with Crippen molar-refractivity contribution in [2.24, 2.45) is 0 Å². The molecule has 1 saturated heterocycles. The van der Waals surface area contributed by atoms with Crippen LogP contribution < -0.4 is 9.47 Å². The molecule has 0 aromatic heterocycles. The minimum absolute atomic E-state index is 0.00778. The lowest BCUT2D eigenvalue weighted by Gasteiger charge is -2.17. The van der Waals surface area contributed by atoms with Crippen molar-refractivity contribution in [3.05, 3.63) is 58.1 Å². The predicted octanol–water partition coefficient (Wildman–Crippen LogP) is 3.45. The highest BCUT2D eigenvalue weighted by Gasteiger charge is 2.64. The maximum absolute atomic E-state index is 12.9. The van der Waals surface area contributed by atoms with Gasteiger partial charge in [-0.2, -0.15) is 0 Å². The molecule has 0 bridgehead atoms. The van der Waals surface area contributed by atoms with E-state index in [9.17, 15) is 4.79 Å². The van der Waals surface area contributed by atoms with E-state index < -0.39 is 5.60 Å². The van der Waals surface area contributed by atoms with Gasteiger partial charge in [0, 0.05) is 16.5 Å². The first-order valence-electron chi connectivity index (χ1n) is 7.31. The van der Waals surface area contributed by atoms with Gasteiger partial charge in [-0.05, 0) is 35.4 Å². The van der Waals surface area contributed by atoms with E-state index in [2.05, 4.69) is 0 Å². The van der Waals surface area contributed by atoms with E-state index in [1.807, 2.05) is 30.3 Å². The number of ketones is 1. The van der Waals surface area contributed by atoms with Crippen molar-refractivity contribution in [2.45, 2.75) is 11.5 Å². The SMILES string of the molecule is COc1cc2c(cc1OC)C(c1ccc(Cl)cc1)C1(CO1)C2=O. The van der Waals surface area contributed by atoms with E-state index in [1.165, 1.54) is 0 Å². The van der Waals surface area contributed by atoms with Gasteiger partial charge < -0.3 is 14.2 Å². The third-order valence-electron chi connectivity index (χ3n) is 4.62. The second-order valence-electron chi connectivity index (χ2n) is 5.79. The van der Waals surface area contributed by atoms with Crippen LogP contribution in [-0.4, -0.2) is 32.2 Å². The minimum Gasteiger partial charge on any atom is -0.493 e. The Kier molecular flexibility index (Phi) is 3.15. The second kappa shape index (κ2) is 4.98. The van der Waals surface area contributed by atoms with Crippen LogP contribution in [0.1, 0.15) is 27.4 Å². The molecule has 118 valence electrons. The summed E-state index contributed by atoms with van der Waals surface area (Å²) in [6.07, 6.45) is 0. The Hall–Kier alpha value is -2.04. The lowest BCUT2D eigenvalue weighted by Crippen LogP contribution is -2.25. The molecule has 0 amide bonds. The summed E-state index contributed by atoms with van der Waals surface area (Å²) < 4.78 is 16.3. The van der Waals surface area contributed by atoms with Crippen molar-refractivity contribution < 1.29 is 19.0 Å². The van der Waals surface area contributed by atoms with Gasteiger partial charge in [-0.3, -0.25) is 4.79 Å². The molecule has 0 saturated carbocycles. The highest BCUT2D eigenvalue weighted by atomic mass is 35.5. The molecule has 2 aromatic carbocycles. The molecule has 5 heteroatoms. The Morgan fingerprint density at radius 1 is 1.13 bits per heavy atom. The number of methoxy groups -OCH3 is 2. The summed E-state index contributed by atoms with van der Waals surface area (Å²) in [7, 11) is 3.14. The summed E-state index contributed by atoms with van der Waals surface area (Å²) in [5.74, 6) is 1.01. The number of benzene rings is 2. The average Bonchev–Trinajstić information content (AvgIpc) is 3.33. The minimum atomic E-state index is -0.784. The van der Waals surface area contributed by atoms with Crippen molar-refractivity contribution in [2.75, 3.05) is 20.8 Å². The van der Waals surface area contributed by atoms with Crippen LogP contribution in [0.15, 0.2) is 36.4 Å². The zero-order valence-corrected chi connectivity index (χ0v) is 13.5. The number of fused-ring (bicyclic) bond motifs is 1. The smallest absolute Gasteiger partial charge is 0.198 e. The van der Waals surface area contributed by atoms with Crippen molar-refractivity contribution >= 4 is 17.4 Å². The molecule has 4 nitrogen and oxygen atoms in total. The topological polar surface area (TPSA) is 48.1 Å². The second-order valence-corrected chi connectivity index (χ2v) is 6.22. The standard InChI is InChI=1S/C18H15ClO4/c1-21-14-7-12-13(8-15(14)22-2)17(20)18(9-23-18)16(12)10-3-5-11(19)6-4-10/h3-8,16H,9H2,1-2H3. The fraction of sp³-hybridized carbons (Fsp3) is 0.278. The molecule has 1 fully saturated rings. The van der Waals surface area contributed by atoms with Crippen LogP contribution in [0.2, 0.25) is 5.02 Å². The van der Waals surface area contributed by atoms with Crippen LogP contribution >= 0.6 is 11.6 Å². The fourth-order valence-corrected chi connectivity index (χ4v) is 3.55. The van der Waals surface area contributed by atoms with Crippen LogP contribution in [0.3, 0.4) is 0 Å². The first kappa shape index (κ1) is 14.5. The lowest BCUT2D eigenvalue weighted by molar-refractivity contribution is 0.0882. The lowest BCUT2D eigenvalue weighted by atomic mass is 9.86. The molecule has 0 radical (unpaired) electrons. The average molecular weight is 331 g/mol. The van der Waals surface area contributed by atoms with E-state index in [-0.39, 0.29) is 11.7 Å². The van der Waals surface area contributed by atoms with E-state index in [4.69, 9.17) is 25.8 Å². The highest BCUT2D eigenvalue weighted by molar-refractivity contribution is 6.30. The molecule has 2 atom stereocenters. The van der Waals surface area contributed by atoms with Gasteiger partial charge in [0.1, 0.15) is 0 Å². The van der Waals surface area contributed by atoms with Crippen LogP contribution in [0.4, 0.5) is 0 Å². The fourth-order valence-electron chi connectivity index (χ4n) is 3.42. The van der Waals surface area contributed by atoms with E-state index in [1.54, 1.807) is 20.3 Å². The normalized spacial score (nSPS) is 24.7. The molecule has 1 spiro atoms. The van der Waals surface area contributed by atoms with Crippen LogP contribution in [0.5, 0.6) is 11.5 Å². The molecule has 1 heterocycles. The molecule has 2 unspecified atom stereocenters. The Morgan fingerprint density at radius 2 is 1.74 bits per heavy atom. The molecule has 2 aliphatic rings. The van der Waals surface area contributed by atoms with Gasteiger partial charge in [-0.25, -0.2) is 0 Å². The van der Waals surface area contributed by atoms with Gasteiger partial charge in [0.25, 0.3) is 0 Å². The number of hydrogen-bond acceptors (Lipinski definition) is 4. The Morgan fingerprint density at radius 3 is 2.30 bits per heavy atom. The van der Waals surface area contributed by atoms with Crippen molar-refractivity contribution in [1.82, 2.24) is 0 Å². The molecular weight excluding hydrogens is 316 g/mol. The Bertz CT molecular complexity index is 793. The number of Topliss-reactive ketones (excluding diaryl/α,β-unsaturated/α-hetero) is 1. The van der Waals surface area contributed by atoms with Crippen LogP contribution in [0, 0.1) is 0 Å². The van der Waals surface area contributed by atoms with E-state index >= 15 is 0 Å². The largest absolute Gasteiger partial charge is 0.493 e. The van der Waals surface area contributed by atoms with Gasteiger partial charge in [0.2, 0.25) is 0 Å². The first-order chi connectivity index (χ1) is 11.1. The third kappa shape index (κ3) is 1.98. The number of carbonyl (C=O) groups is 1. The molecule has 1 aliphatic heterocycles. The number of hydrogen-bond donors (Lipinski definition) is 0. The van der Waals surface area contributed by atoms with Gasteiger partial charge >= 0.3 is 0 Å². The molecule has 0 N–H and O–H groups in total. The number of ether oxygens (including phenoxy) is 3. The maximum atomic E-state index is 12.9. The maximum Gasteiger partial charge on any atom is 0.198 e. The van der Waals surface area contributed by atoms with Gasteiger partial charge in [0.05, 0.1) is 20.8 Å².